The summed E-state index contributed by atoms with van der Waals surface area (Å²) in [7, 11) is 2.05. The molecule has 3 aromatic heterocycles. The molecule has 7 rings (SSSR count). The molecule has 1 aliphatic heterocycles. The number of aliphatic hydroxyl groups excluding tert-OH is 1. The van der Waals surface area contributed by atoms with E-state index < -0.39 is 18.1 Å². The maximum absolute atomic E-state index is 13.4. The van der Waals surface area contributed by atoms with E-state index in [0.29, 0.717) is 60.1 Å². The first-order valence-electron chi connectivity index (χ1n) is 20.3. The largest absolute Gasteiger partial charge is 0.493 e. The number of allylic oxidation sites excluding steroid dienone is 1. The van der Waals surface area contributed by atoms with E-state index in [-0.39, 0.29) is 31.0 Å². The molecule has 1 saturated heterocycles. The summed E-state index contributed by atoms with van der Waals surface area (Å²) in [5.41, 5.74) is 5.40. The van der Waals surface area contributed by atoms with Crippen molar-refractivity contribution in [2.45, 2.75) is 91.0 Å². The van der Waals surface area contributed by atoms with Crippen molar-refractivity contribution in [2.24, 2.45) is 0 Å². The molecule has 310 valence electrons. The lowest BCUT2D eigenvalue weighted by atomic mass is 10.0. The van der Waals surface area contributed by atoms with Crippen molar-refractivity contribution in [3.63, 3.8) is 0 Å². The van der Waals surface area contributed by atoms with Gasteiger partial charge in [0.1, 0.15) is 17.2 Å². The third-order valence-electron chi connectivity index (χ3n) is 10.6. The molecule has 1 fully saturated rings. The Balaban J connectivity index is 0.00000288. The molecule has 0 spiro atoms. The zero-order chi connectivity index (χ0) is 42.1. The summed E-state index contributed by atoms with van der Waals surface area (Å²) in [5, 5.41) is 16.4. The molecule has 1 aliphatic carbocycles. The van der Waals surface area contributed by atoms with Gasteiger partial charge in [0.25, 0.3) is 5.56 Å². The molecule has 2 aromatic carbocycles. The number of anilines is 3. The zero-order valence-corrected chi connectivity index (χ0v) is 34.2. The van der Waals surface area contributed by atoms with Gasteiger partial charge in [-0.15, -0.1) is 6.58 Å². The van der Waals surface area contributed by atoms with Crippen LogP contribution in [0, 0.1) is 6.92 Å². The number of aromatic nitrogens is 5. The number of benzene rings is 2. The lowest BCUT2D eigenvalue weighted by Crippen LogP contribution is -2.51. The predicted octanol–water partition coefficient (Wildman–Crippen LogP) is 5.67. The van der Waals surface area contributed by atoms with Gasteiger partial charge in [0.2, 0.25) is 24.2 Å². The van der Waals surface area contributed by atoms with E-state index in [1.54, 1.807) is 10.8 Å². The van der Waals surface area contributed by atoms with Gasteiger partial charge in [0.15, 0.2) is 11.5 Å². The summed E-state index contributed by atoms with van der Waals surface area (Å²) in [6.07, 6.45) is 7.80. The van der Waals surface area contributed by atoms with Crippen LogP contribution in [0.2, 0.25) is 0 Å². The van der Waals surface area contributed by atoms with Crippen molar-refractivity contribution >= 4 is 46.6 Å². The molecule has 0 radical (unpaired) electrons. The number of piperidine rings is 1. The first-order chi connectivity index (χ1) is 28.6. The Morgan fingerprint density at radius 1 is 1.02 bits per heavy atom. The van der Waals surface area contributed by atoms with E-state index in [0.717, 1.165) is 60.3 Å². The van der Waals surface area contributed by atoms with Gasteiger partial charge in [-0.25, -0.2) is 19.3 Å². The first kappa shape index (κ1) is 42.3. The SMILES string of the molecule is C=CCn1c(=O)c2cnc(Nc3ccc(N(C)CCCCCOc4cccc(C)c4CN(C=O)C4CCC(=O)NC4=O)cc3)nc2n1-c1ccc2c(n1)C(O)CC2.CC. The van der Waals surface area contributed by atoms with Crippen LogP contribution in [0.3, 0.4) is 0 Å². The molecule has 5 aromatic rings. The van der Waals surface area contributed by atoms with Gasteiger partial charge in [-0.3, -0.25) is 24.5 Å². The molecule has 15 nitrogen and oxygen atoms in total. The van der Waals surface area contributed by atoms with Gasteiger partial charge in [-0.05, 0) is 93.0 Å². The fraction of sp³-hybridized carbons (Fsp3) is 0.386. The summed E-state index contributed by atoms with van der Waals surface area (Å²) in [4.78, 5) is 66.9. The van der Waals surface area contributed by atoms with E-state index >= 15 is 0 Å². The summed E-state index contributed by atoms with van der Waals surface area (Å²) < 4.78 is 9.36. The molecule has 2 atom stereocenters. The molecule has 3 amide bonds. The highest BCUT2D eigenvalue weighted by atomic mass is 16.5. The van der Waals surface area contributed by atoms with Crippen molar-refractivity contribution in [1.29, 1.82) is 0 Å². The highest BCUT2D eigenvalue weighted by molar-refractivity contribution is 6.00. The summed E-state index contributed by atoms with van der Waals surface area (Å²) in [6, 6.07) is 16.8. The third kappa shape index (κ3) is 9.52. The van der Waals surface area contributed by atoms with Crippen LogP contribution in [-0.2, 0) is 33.9 Å². The molecule has 4 heterocycles. The summed E-state index contributed by atoms with van der Waals surface area (Å²) in [6.45, 7) is 11.6. The van der Waals surface area contributed by atoms with Gasteiger partial charge in [-0.2, -0.15) is 4.98 Å². The van der Waals surface area contributed by atoms with Crippen LogP contribution in [-0.4, -0.2) is 78.8 Å². The topological polar surface area (TPSA) is 177 Å². The second kappa shape index (κ2) is 19.4. The van der Waals surface area contributed by atoms with Crippen LogP contribution in [0.15, 0.2) is 78.2 Å². The smallest absolute Gasteiger partial charge is 0.278 e. The average Bonchev–Trinajstić information content (AvgIpc) is 3.75. The normalized spacial score (nSPS) is 15.8. The maximum atomic E-state index is 13.4. The van der Waals surface area contributed by atoms with Gasteiger partial charge in [0, 0.05) is 43.1 Å². The lowest BCUT2D eigenvalue weighted by molar-refractivity contribution is -0.141. The van der Waals surface area contributed by atoms with E-state index in [1.165, 1.54) is 15.8 Å². The van der Waals surface area contributed by atoms with Gasteiger partial charge in [-0.1, -0.05) is 38.1 Å². The summed E-state index contributed by atoms with van der Waals surface area (Å²) in [5.74, 6) is 0.721. The number of aliphatic hydroxyl groups is 1. The van der Waals surface area contributed by atoms with E-state index in [4.69, 9.17) is 14.7 Å². The summed E-state index contributed by atoms with van der Waals surface area (Å²) >= 11 is 0. The fourth-order valence-electron chi connectivity index (χ4n) is 7.43. The molecule has 15 heteroatoms. The molecule has 2 unspecified atom stereocenters. The van der Waals surface area contributed by atoms with Crippen molar-refractivity contribution in [3.05, 3.63) is 106 Å². The van der Waals surface area contributed by atoms with E-state index in [9.17, 15) is 24.3 Å². The standard InChI is InChI=1S/C42H47N9O6.C2H6/c1-4-21-50-41(56)31-24-43-42(47-39(31)51(50)36-19-12-28-11-18-34(53)38(28)45-36)44-29-13-15-30(16-14-29)48(3)22-6-5-7-23-57-35-10-8-9-27(2)32(35)25-49(26-52)33-17-20-37(54)46-40(33)55;1-2/h4,8-10,12-16,19,24,26,33-34,53H,1,5-7,11,17-18,20-23,25H2,2-3H3,(H,43,44,47)(H,46,54,55);1-2H3. The number of carbonyl (C=O) groups excluding carboxylic acids is 3. The van der Waals surface area contributed by atoms with Crippen molar-refractivity contribution in [1.82, 2.24) is 34.5 Å². The van der Waals surface area contributed by atoms with Crippen molar-refractivity contribution in [2.75, 3.05) is 30.4 Å². The van der Waals surface area contributed by atoms with Crippen molar-refractivity contribution < 1.29 is 24.2 Å². The number of aryl methyl sites for hydroxylation is 2. The Morgan fingerprint density at radius 3 is 2.56 bits per heavy atom. The number of nitrogens with zero attached hydrogens (tertiary/aromatic N) is 7. The molecular formula is C44H53N9O6. The van der Waals surface area contributed by atoms with Crippen LogP contribution >= 0.6 is 0 Å². The minimum absolute atomic E-state index is 0.199. The number of fused-ring (bicyclic) bond motifs is 2. The highest BCUT2D eigenvalue weighted by Gasteiger charge is 2.32. The number of carbonyl (C=O) groups is 3. The van der Waals surface area contributed by atoms with Crippen LogP contribution in [0.25, 0.3) is 16.9 Å². The fourth-order valence-corrected chi connectivity index (χ4v) is 7.43. The monoisotopic (exact) mass is 803 g/mol. The van der Waals surface area contributed by atoms with Gasteiger partial charge < -0.3 is 25.0 Å². The van der Waals surface area contributed by atoms with Crippen LogP contribution in [0.1, 0.15) is 80.9 Å². The Hall–Kier alpha value is -6.35. The number of imide groups is 1. The highest BCUT2D eigenvalue weighted by Crippen LogP contribution is 2.31. The number of hydrogen-bond acceptors (Lipinski definition) is 11. The molecule has 3 N–H and O–H groups in total. The Labute approximate surface area is 343 Å². The van der Waals surface area contributed by atoms with Crippen molar-refractivity contribution in [3.8, 4) is 11.6 Å². The molecule has 0 saturated carbocycles. The predicted molar refractivity (Wildman–Crippen MR) is 227 cm³/mol. The quantitative estimate of drug-likeness (QED) is 0.0457. The van der Waals surface area contributed by atoms with E-state index in [2.05, 4.69) is 34.1 Å². The number of unbranched alkanes of at least 4 members (excludes halogenated alkanes) is 2. The average molecular weight is 804 g/mol. The number of rotatable bonds is 17. The number of hydrogen-bond donors (Lipinski definition) is 3. The molecule has 59 heavy (non-hydrogen) atoms. The van der Waals surface area contributed by atoms with Crippen LogP contribution in [0.5, 0.6) is 5.75 Å². The number of amides is 3. The molecule has 2 aliphatic rings. The van der Waals surface area contributed by atoms with Crippen LogP contribution in [0.4, 0.5) is 17.3 Å². The Kier molecular flexibility index (Phi) is 13.9. The number of nitrogens with one attached hydrogen (secondary N) is 2. The van der Waals surface area contributed by atoms with E-state index in [1.807, 2.05) is 75.4 Å². The third-order valence-corrected chi connectivity index (χ3v) is 10.6. The second-order valence-corrected chi connectivity index (χ2v) is 14.5. The zero-order valence-electron chi connectivity index (χ0n) is 34.2. The number of pyridine rings is 1. The second-order valence-electron chi connectivity index (χ2n) is 14.5. The van der Waals surface area contributed by atoms with Gasteiger partial charge >= 0.3 is 0 Å². The lowest BCUT2D eigenvalue weighted by Gasteiger charge is -2.30. The minimum Gasteiger partial charge on any atom is -0.493 e. The van der Waals surface area contributed by atoms with Crippen LogP contribution < -0.4 is 25.8 Å². The Morgan fingerprint density at radius 2 is 1.81 bits per heavy atom. The number of ether oxygens (including phenoxy) is 1. The molecule has 0 bridgehead atoms. The minimum atomic E-state index is -0.694. The Bertz CT molecular complexity index is 2360. The first-order valence-corrected chi connectivity index (χ1v) is 20.3. The molecular weight excluding hydrogens is 751 g/mol. The maximum Gasteiger partial charge on any atom is 0.278 e. The van der Waals surface area contributed by atoms with Gasteiger partial charge in [0.05, 0.1) is 31.5 Å².